The number of allylic oxidation sites excluding steroid dienone is 1. The molecule has 1 atom stereocenters. The van der Waals surface area contributed by atoms with Gasteiger partial charge in [-0.1, -0.05) is 44.8 Å². The van der Waals surface area contributed by atoms with E-state index in [-0.39, 0.29) is 35.3 Å². The third-order valence-electron chi connectivity index (χ3n) is 5.98. The summed E-state index contributed by atoms with van der Waals surface area (Å²) in [5.41, 5.74) is 1.23. The van der Waals surface area contributed by atoms with Gasteiger partial charge in [0.05, 0.1) is 47.7 Å². The van der Waals surface area contributed by atoms with Crippen molar-refractivity contribution in [1.29, 1.82) is 0 Å². The van der Waals surface area contributed by atoms with Crippen LogP contribution in [0.3, 0.4) is 0 Å². The Morgan fingerprint density at radius 1 is 1.25 bits per heavy atom. The maximum atomic E-state index is 13.9. The fourth-order valence-corrected chi connectivity index (χ4v) is 5.90. The number of terminal acetylenes is 1. The summed E-state index contributed by atoms with van der Waals surface area (Å²) in [4.78, 5) is 32.0. The first-order chi connectivity index (χ1) is 19.1. The fraction of sp³-hybridized carbons (Fsp3) is 0.250. The van der Waals surface area contributed by atoms with Gasteiger partial charge in [-0.05, 0) is 55.3 Å². The number of phenols is 1. The fourth-order valence-electron chi connectivity index (χ4n) is 4.21. The van der Waals surface area contributed by atoms with E-state index in [2.05, 4.69) is 26.8 Å². The lowest BCUT2D eigenvalue weighted by molar-refractivity contribution is -0.139. The van der Waals surface area contributed by atoms with Crippen molar-refractivity contribution in [1.82, 2.24) is 4.57 Å². The molecule has 1 N–H and O–H groups in total. The number of aromatic hydroxyl groups is 1. The SMILES string of the molecule is C#CCOc1cc(Br)c(/C=c2\sc3n(c2=O)C(c2cc(Cl)c(O)c(OC)c2)C(C(=O)OCC)=C(C)N=3)cc1OC. The van der Waals surface area contributed by atoms with Gasteiger partial charge in [0.2, 0.25) is 0 Å². The average molecular weight is 648 g/mol. The number of halogens is 2. The Morgan fingerprint density at radius 3 is 2.62 bits per heavy atom. The van der Waals surface area contributed by atoms with Crippen molar-refractivity contribution in [2.24, 2.45) is 4.99 Å². The van der Waals surface area contributed by atoms with Crippen LogP contribution in [0.2, 0.25) is 5.02 Å². The van der Waals surface area contributed by atoms with Gasteiger partial charge >= 0.3 is 5.97 Å². The number of aromatic nitrogens is 1. The lowest BCUT2D eigenvalue weighted by Gasteiger charge is -2.25. The van der Waals surface area contributed by atoms with Gasteiger partial charge in [0, 0.05) is 4.47 Å². The van der Waals surface area contributed by atoms with Crippen LogP contribution in [0.1, 0.15) is 31.0 Å². The van der Waals surface area contributed by atoms with E-state index in [1.54, 1.807) is 32.1 Å². The van der Waals surface area contributed by atoms with Crippen molar-refractivity contribution in [3.8, 4) is 35.3 Å². The number of benzene rings is 2. The predicted molar refractivity (Wildman–Crippen MR) is 155 cm³/mol. The number of methoxy groups -OCH3 is 2. The molecule has 0 amide bonds. The van der Waals surface area contributed by atoms with Crippen LogP contribution in [0.5, 0.6) is 23.0 Å². The second-order valence-corrected chi connectivity index (χ2v) is 10.6. The van der Waals surface area contributed by atoms with Gasteiger partial charge in [0.25, 0.3) is 5.56 Å². The molecule has 0 bridgehead atoms. The van der Waals surface area contributed by atoms with Crippen molar-refractivity contribution >= 4 is 50.9 Å². The first kappa shape index (κ1) is 29.3. The molecule has 1 aliphatic heterocycles. The number of thiazole rings is 1. The third-order valence-corrected chi connectivity index (χ3v) is 7.94. The second-order valence-electron chi connectivity index (χ2n) is 8.37. The topological polar surface area (TPSA) is 109 Å². The Balaban J connectivity index is 1.96. The highest BCUT2D eigenvalue weighted by Crippen LogP contribution is 2.40. The molecule has 3 aromatic rings. The molecule has 12 heteroatoms. The molecule has 40 heavy (non-hydrogen) atoms. The molecular formula is C28H24BrClN2O7S. The number of carbonyl (C=O) groups excluding carboxylic acids is 1. The van der Waals surface area contributed by atoms with Gasteiger partial charge in [-0.25, -0.2) is 9.79 Å². The van der Waals surface area contributed by atoms with Crippen LogP contribution < -0.4 is 29.1 Å². The van der Waals surface area contributed by atoms with Crippen molar-refractivity contribution in [2.75, 3.05) is 27.4 Å². The smallest absolute Gasteiger partial charge is 0.338 e. The van der Waals surface area contributed by atoms with Crippen LogP contribution >= 0.6 is 38.9 Å². The number of nitrogens with zero attached hydrogens (tertiary/aromatic N) is 2. The molecule has 2 aromatic carbocycles. The Hall–Kier alpha value is -3.72. The maximum Gasteiger partial charge on any atom is 0.338 e. The number of esters is 1. The van der Waals surface area contributed by atoms with E-state index >= 15 is 0 Å². The highest BCUT2D eigenvalue weighted by atomic mass is 79.9. The molecule has 9 nitrogen and oxygen atoms in total. The summed E-state index contributed by atoms with van der Waals surface area (Å²) < 4.78 is 24.0. The number of hydrogen-bond acceptors (Lipinski definition) is 9. The zero-order valence-corrected chi connectivity index (χ0v) is 25.1. The van der Waals surface area contributed by atoms with Crippen LogP contribution in [-0.4, -0.2) is 43.1 Å². The van der Waals surface area contributed by atoms with Crippen LogP contribution in [0, 0.1) is 12.3 Å². The van der Waals surface area contributed by atoms with Gasteiger partial charge < -0.3 is 24.1 Å². The van der Waals surface area contributed by atoms with Crippen molar-refractivity contribution < 1.29 is 28.8 Å². The predicted octanol–water partition coefficient (Wildman–Crippen LogP) is 3.95. The molecule has 4 rings (SSSR count). The lowest BCUT2D eigenvalue weighted by Crippen LogP contribution is -2.40. The van der Waals surface area contributed by atoms with E-state index in [0.717, 1.165) is 11.3 Å². The summed E-state index contributed by atoms with van der Waals surface area (Å²) in [6.45, 7) is 3.55. The molecule has 2 heterocycles. The first-order valence-corrected chi connectivity index (χ1v) is 13.8. The summed E-state index contributed by atoms with van der Waals surface area (Å²) in [7, 11) is 2.88. The van der Waals surface area contributed by atoms with Crippen molar-refractivity contribution in [3.63, 3.8) is 0 Å². The molecule has 0 saturated carbocycles. The standard InChI is InChI=1S/C28H24BrClN2O7S/c1-6-8-39-20-13-17(29)15(10-19(20)36-4)12-22-26(34)32-24(16-9-18(30)25(33)21(11-16)37-5)23(27(35)38-7-2)14(3)31-28(32)40-22/h1,9-13,24,33H,7-8H2,2-5H3/b22-12-. The van der Waals surface area contributed by atoms with Crippen molar-refractivity contribution in [2.45, 2.75) is 19.9 Å². The van der Waals surface area contributed by atoms with Gasteiger partial charge in [-0.3, -0.25) is 9.36 Å². The minimum Gasteiger partial charge on any atom is -0.503 e. The third kappa shape index (κ3) is 5.47. The summed E-state index contributed by atoms with van der Waals surface area (Å²) in [6, 6.07) is 5.48. The number of phenolic OH excluding ortho intramolecular Hbond substituents is 1. The highest BCUT2D eigenvalue weighted by molar-refractivity contribution is 9.10. The van der Waals surface area contributed by atoms with Gasteiger partial charge in [-0.2, -0.15) is 0 Å². The molecule has 1 unspecified atom stereocenters. The summed E-state index contributed by atoms with van der Waals surface area (Å²) in [5.74, 6) is 2.49. The molecule has 0 saturated heterocycles. The first-order valence-electron chi connectivity index (χ1n) is 11.8. The Labute approximate surface area is 247 Å². The van der Waals surface area contributed by atoms with E-state index in [0.29, 0.717) is 42.1 Å². The van der Waals surface area contributed by atoms with E-state index in [1.165, 1.54) is 30.9 Å². The normalized spacial score (nSPS) is 14.7. The number of hydrogen-bond donors (Lipinski definition) is 1. The van der Waals surface area contributed by atoms with E-state index in [4.69, 9.17) is 37.0 Å². The van der Waals surface area contributed by atoms with Crippen molar-refractivity contribution in [3.05, 3.63) is 75.8 Å². The molecule has 1 aliphatic rings. The second kappa shape index (κ2) is 12.2. The minimum atomic E-state index is -0.943. The average Bonchev–Trinajstić information content (AvgIpc) is 3.23. The van der Waals surface area contributed by atoms with Gasteiger partial charge in [0.15, 0.2) is 27.8 Å². The van der Waals surface area contributed by atoms with Crippen LogP contribution in [0.4, 0.5) is 0 Å². The monoisotopic (exact) mass is 646 g/mol. The summed E-state index contributed by atoms with van der Waals surface area (Å²) >= 11 is 11.0. The van der Waals surface area contributed by atoms with Gasteiger partial charge in [-0.15, -0.1) is 6.42 Å². The van der Waals surface area contributed by atoms with Crippen LogP contribution in [0.15, 0.2) is 49.8 Å². The summed E-state index contributed by atoms with van der Waals surface area (Å²) in [6.07, 6.45) is 6.99. The zero-order valence-electron chi connectivity index (χ0n) is 21.9. The molecule has 1 aromatic heterocycles. The van der Waals surface area contributed by atoms with E-state index < -0.39 is 17.6 Å². The number of ether oxygens (including phenoxy) is 4. The van der Waals surface area contributed by atoms with E-state index in [1.807, 2.05) is 0 Å². The van der Waals surface area contributed by atoms with Crippen LogP contribution in [-0.2, 0) is 9.53 Å². The largest absolute Gasteiger partial charge is 0.503 e. The molecule has 0 radical (unpaired) electrons. The molecule has 0 fully saturated rings. The lowest BCUT2D eigenvalue weighted by atomic mass is 9.95. The van der Waals surface area contributed by atoms with E-state index in [9.17, 15) is 14.7 Å². The maximum absolute atomic E-state index is 13.9. The zero-order chi connectivity index (χ0) is 29.1. The van der Waals surface area contributed by atoms with Crippen LogP contribution in [0.25, 0.3) is 6.08 Å². The van der Waals surface area contributed by atoms with Gasteiger partial charge in [0.1, 0.15) is 6.61 Å². The number of fused-ring (bicyclic) bond motifs is 1. The molecule has 0 spiro atoms. The summed E-state index contributed by atoms with van der Waals surface area (Å²) in [5, 5.41) is 10.3. The molecule has 208 valence electrons. The number of carbonyl (C=O) groups is 1. The quantitative estimate of drug-likeness (QED) is 0.292. The Kier molecular flexibility index (Phi) is 8.93. The Bertz CT molecular complexity index is 1750. The highest BCUT2D eigenvalue weighted by Gasteiger charge is 2.34. The minimum absolute atomic E-state index is 0.00231. The molecular weight excluding hydrogens is 624 g/mol. The Morgan fingerprint density at radius 2 is 1.98 bits per heavy atom. The molecule has 0 aliphatic carbocycles. The number of rotatable bonds is 8.